The van der Waals surface area contributed by atoms with E-state index in [0.717, 1.165) is 36.1 Å². The van der Waals surface area contributed by atoms with E-state index in [2.05, 4.69) is 31.0 Å². The minimum Gasteiger partial charge on any atom is -0.494 e. The van der Waals surface area contributed by atoms with Crippen LogP contribution in [-0.4, -0.2) is 18.5 Å². The summed E-state index contributed by atoms with van der Waals surface area (Å²) in [5.41, 5.74) is 3.33. The smallest absolute Gasteiger partial charge is 0.363 e. The highest BCUT2D eigenvalue weighted by Crippen LogP contribution is 2.21. The zero-order chi connectivity index (χ0) is 21.2. The molecule has 0 fully saturated rings. The van der Waals surface area contributed by atoms with Crippen LogP contribution in [0.3, 0.4) is 0 Å². The standard InChI is InChI=1S/C26H31NO3/c1-3-5-7-8-9-20-10-14-22(15-11-20)25-27-24(26(28)30-25)19-21-12-16-23(17-13-21)29-18-6-4-2/h10-17,19H,3-9,18H2,1-2H3. The SMILES string of the molecule is CCCCCCc1ccc(C2=NC(=Cc3ccc(OCCCC)cc3)C(=O)O2)cc1. The van der Waals surface area contributed by atoms with Crippen molar-refractivity contribution in [2.24, 2.45) is 4.99 Å². The number of nitrogens with zero attached hydrogens (tertiary/aromatic N) is 1. The van der Waals surface area contributed by atoms with Crippen molar-refractivity contribution in [2.45, 2.75) is 58.8 Å². The number of unbranched alkanes of at least 4 members (excludes halogenated alkanes) is 4. The van der Waals surface area contributed by atoms with Crippen LogP contribution >= 0.6 is 0 Å². The molecule has 0 radical (unpaired) electrons. The lowest BCUT2D eigenvalue weighted by Crippen LogP contribution is -2.05. The number of hydrogen-bond donors (Lipinski definition) is 0. The van der Waals surface area contributed by atoms with Gasteiger partial charge in [0.15, 0.2) is 5.70 Å². The van der Waals surface area contributed by atoms with E-state index in [9.17, 15) is 4.79 Å². The first-order valence-electron chi connectivity index (χ1n) is 11.0. The van der Waals surface area contributed by atoms with Crippen LogP contribution in [0.5, 0.6) is 5.75 Å². The van der Waals surface area contributed by atoms with Gasteiger partial charge in [-0.25, -0.2) is 9.79 Å². The second kappa shape index (κ2) is 11.3. The predicted molar refractivity (Wildman–Crippen MR) is 122 cm³/mol. The Bertz CT molecular complexity index is 879. The number of aryl methyl sites for hydroxylation is 1. The van der Waals surface area contributed by atoms with E-state index >= 15 is 0 Å². The molecule has 0 unspecified atom stereocenters. The van der Waals surface area contributed by atoms with Crippen LogP contribution < -0.4 is 4.74 Å². The van der Waals surface area contributed by atoms with Crippen LogP contribution in [0, 0.1) is 0 Å². The molecule has 0 saturated carbocycles. The van der Waals surface area contributed by atoms with E-state index in [4.69, 9.17) is 9.47 Å². The number of benzene rings is 2. The van der Waals surface area contributed by atoms with Gasteiger partial charge >= 0.3 is 5.97 Å². The van der Waals surface area contributed by atoms with Gasteiger partial charge in [-0.2, -0.15) is 0 Å². The number of cyclic esters (lactones) is 1. The van der Waals surface area contributed by atoms with Crippen LogP contribution in [0.1, 0.15) is 69.1 Å². The Morgan fingerprint density at radius 3 is 2.33 bits per heavy atom. The molecule has 4 heteroatoms. The van der Waals surface area contributed by atoms with Gasteiger partial charge in [0, 0.05) is 5.56 Å². The molecule has 0 spiro atoms. The normalized spacial score (nSPS) is 14.7. The third kappa shape index (κ3) is 6.31. The van der Waals surface area contributed by atoms with Gasteiger partial charge in [0.1, 0.15) is 5.75 Å². The fraction of sp³-hybridized carbons (Fsp3) is 0.385. The van der Waals surface area contributed by atoms with Gasteiger partial charge in [-0.1, -0.05) is 63.8 Å². The van der Waals surface area contributed by atoms with Crippen LogP contribution in [-0.2, 0) is 16.0 Å². The molecule has 30 heavy (non-hydrogen) atoms. The van der Waals surface area contributed by atoms with Gasteiger partial charge in [-0.05, 0) is 60.7 Å². The lowest BCUT2D eigenvalue weighted by Gasteiger charge is -2.05. The van der Waals surface area contributed by atoms with Crippen molar-refractivity contribution >= 4 is 17.9 Å². The summed E-state index contributed by atoms with van der Waals surface area (Å²) in [6, 6.07) is 15.8. The summed E-state index contributed by atoms with van der Waals surface area (Å²) in [5, 5.41) is 0. The van der Waals surface area contributed by atoms with E-state index in [0.29, 0.717) is 18.2 Å². The summed E-state index contributed by atoms with van der Waals surface area (Å²) in [6.07, 6.45) is 9.97. The minimum atomic E-state index is -0.420. The Hall–Kier alpha value is -2.88. The topological polar surface area (TPSA) is 47.9 Å². The first-order chi connectivity index (χ1) is 14.7. The summed E-state index contributed by atoms with van der Waals surface area (Å²) in [5.74, 6) is 0.777. The maximum Gasteiger partial charge on any atom is 0.363 e. The van der Waals surface area contributed by atoms with Crippen molar-refractivity contribution < 1.29 is 14.3 Å². The van der Waals surface area contributed by atoms with E-state index in [-0.39, 0.29) is 0 Å². The van der Waals surface area contributed by atoms with Gasteiger partial charge in [0.25, 0.3) is 0 Å². The molecule has 1 aliphatic rings. The maximum atomic E-state index is 12.2. The van der Waals surface area contributed by atoms with E-state index in [1.54, 1.807) is 6.08 Å². The number of carbonyl (C=O) groups is 1. The number of aliphatic imine (C=N–C) groups is 1. The number of ether oxygens (including phenoxy) is 2. The third-order valence-corrected chi connectivity index (χ3v) is 5.09. The maximum absolute atomic E-state index is 12.2. The van der Waals surface area contributed by atoms with Crippen LogP contribution in [0.25, 0.3) is 6.08 Å². The predicted octanol–water partition coefficient (Wildman–Crippen LogP) is 6.33. The fourth-order valence-electron chi connectivity index (χ4n) is 3.26. The van der Waals surface area contributed by atoms with E-state index in [1.807, 2.05) is 36.4 Å². The van der Waals surface area contributed by atoms with Gasteiger partial charge in [0.2, 0.25) is 5.90 Å². The second-order valence-corrected chi connectivity index (χ2v) is 7.61. The molecule has 0 aliphatic carbocycles. The Morgan fingerprint density at radius 1 is 0.900 bits per heavy atom. The monoisotopic (exact) mass is 405 g/mol. The zero-order valence-corrected chi connectivity index (χ0v) is 18.0. The Labute approximate surface area is 179 Å². The van der Waals surface area contributed by atoms with Gasteiger partial charge < -0.3 is 9.47 Å². The van der Waals surface area contributed by atoms with E-state index in [1.165, 1.54) is 31.2 Å². The molecule has 1 aliphatic heterocycles. The number of carbonyl (C=O) groups excluding carboxylic acids is 1. The Kier molecular flexibility index (Phi) is 8.25. The average Bonchev–Trinajstić information content (AvgIpc) is 3.13. The van der Waals surface area contributed by atoms with Gasteiger partial charge in [0.05, 0.1) is 6.61 Å². The molecular weight excluding hydrogens is 374 g/mol. The molecule has 1 heterocycles. The lowest BCUT2D eigenvalue weighted by atomic mass is 10.0. The number of rotatable bonds is 11. The van der Waals surface area contributed by atoms with Crippen molar-refractivity contribution in [1.29, 1.82) is 0 Å². The van der Waals surface area contributed by atoms with Crippen molar-refractivity contribution in [3.63, 3.8) is 0 Å². The van der Waals surface area contributed by atoms with Crippen molar-refractivity contribution in [2.75, 3.05) is 6.61 Å². The van der Waals surface area contributed by atoms with Crippen molar-refractivity contribution in [3.8, 4) is 5.75 Å². The Morgan fingerprint density at radius 2 is 1.63 bits per heavy atom. The fourth-order valence-corrected chi connectivity index (χ4v) is 3.26. The van der Waals surface area contributed by atoms with Crippen molar-refractivity contribution in [3.05, 3.63) is 70.9 Å². The Balaban J connectivity index is 1.62. The molecule has 158 valence electrons. The summed E-state index contributed by atoms with van der Waals surface area (Å²) in [7, 11) is 0. The molecular formula is C26H31NO3. The van der Waals surface area contributed by atoms with E-state index < -0.39 is 5.97 Å². The third-order valence-electron chi connectivity index (χ3n) is 5.09. The van der Waals surface area contributed by atoms with Crippen molar-refractivity contribution in [1.82, 2.24) is 0 Å². The average molecular weight is 406 g/mol. The number of hydrogen-bond acceptors (Lipinski definition) is 4. The minimum absolute atomic E-state index is 0.313. The molecule has 0 N–H and O–H groups in total. The van der Waals surface area contributed by atoms with Crippen LogP contribution in [0.4, 0.5) is 0 Å². The quantitative estimate of drug-likeness (QED) is 0.249. The van der Waals surface area contributed by atoms with Crippen LogP contribution in [0.2, 0.25) is 0 Å². The summed E-state index contributed by atoms with van der Waals surface area (Å²) < 4.78 is 11.1. The molecule has 3 rings (SSSR count). The molecule has 0 bridgehead atoms. The largest absolute Gasteiger partial charge is 0.494 e. The summed E-state index contributed by atoms with van der Waals surface area (Å²) in [4.78, 5) is 16.7. The van der Waals surface area contributed by atoms with Crippen LogP contribution in [0.15, 0.2) is 59.2 Å². The summed E-state index contributed by atoms with van der Waals surface area (Å²) in [6.45, 7) is 5.07. The highest BCUT2D eigenvalue weighted by molar-refractivity contribution is 6.12. The zero-order valence-electron chi connectivity index (χ0n) is 18.0. The molecule has 2 aromatic carbocycles. The highest BCUT2D eigenvalue weighted by atomic mass is 16.6. The first-order valence-corrected chi connectivity index (χ1v) is 11.0. The molecule has 0 amide bonds. The first kappa shape index (κ1) is 21.8. The molecule has 0 saturated heterocycles. The molecule has 0 aromatic heterocycles. The molecule has 4 nitrogen and oxygen atoms in total. The summed E-state index contributed by atoms with van der Waals surface area (Å²) >= 11 is 0. The second-order valence-electron chi connectivity index (χ2n) is 7.61. The molecule has 0 atom stereocenters. The lowest BCUT2D eigenvalue weighted by molar-refractivity contribution is -0.129. The van der Waals surface area contributed by atoms with Gasteiger partial charge in [-0.3, -0.25) is 0 Å². The molecule has 2 aromatic rings. The number of esters is 1. The highest BCUT2D eigenvalue weighted by Gasteiger charge is 2.24. The van der Waals surface area contributed by atoms with Gasteiger partial charge in [-0.15, -0.1) is 0 Å².